The van der Waals surface area contributed by atoms with Crippen LogP contribution in [0.3, 0.4) is 0 Å². The highest BCUT2D eigenvalue weighted by molar-refractivity contribution is 5.57. The molecule has 1 saturated heterocycles. The number of imidazole rings is 1. The molecule has 19 heavy (non-hydrogen) atoms. The fourth-order valence-electron chi connectivity index (χ4n) is 2.61. The minimum Gasteiger partial charge on any atom is -0.330 e. The lowest BCUT2D eigenvalue weighted by atomic mass is 10.0. The number of aryl methyl sites for hydroxylation is 1. The van der Waals surface area contributed by atoms with Crippen molar-refractivity contribution in [2.24, 2.45) is 13.0 Å². The lowest BCUT2D eigenvalue weighted by Crippen LogP contribution is -2.12. The minimum absolute atomic E-state index is 0.671. The number of hydrogen-bond acceptors (Lipinski definition) is 4. The van der Waals surface area contributed by atoms with Crippen molar-refractivity contribution in [1.82, 2.24) is 24.8 Å². The van der Waals surface area contributed by atoms with Crippen molar-refractivity contribution in [3.05, 3.63) is 30.1 Å². The summed E-state index contributed by atoms with van der Waals surface area (Å²) in [5.41, 5.74) is 3.10. The third kappa shape index (κ3) is 2.38. The SMILES string of the molecule is Cc1ncc(-c2nccnc2C[C@H]2CCNC2)n1C. The lowest BCUT2D eigenvalue weighted by molar-refractivity contribution is 0.571. The molecular weight excluding hydrogens is 238 g/mol. The van der Waals surface area contributed by atoms with Gasteiger partial charge < -0.3 is 9.88 Å². The molecule has 5 heteroatoms. The van der Waals surface area contributed by atoms with Crippen molar-refractivity contribution in [2.75, 3.05) is 13.1 Å². The summed E-state index contributed by atoms with van der Waals surface area (Å²) in [5, 5.41) is 3.40. The van der Waals surface area contributed by atoms with Crippen molar-refractivity contribution >= 4 is 0 Å². The van der Waals surface area contributed by atoms with Crippen molar-refractivity contribution in [1.29, 1.82) is 0 Å². The lowest BCUT2D eigenvalue weighted by Gasteiger charge is -2.11. The molecule has 0 spiro atoms. The average molecular weight is 257 g/mol. The maximum Gasteiger partial charge on any atom is 0.110 e. The van der Waals surface area contributed by atoms with Gasteiger partial charge in [0.15, 0.2) is 0 Å². The van der Waals surface area contributed by atoms with Crippen LogP contribution in [0.15, 0.2) is 18.6 Å². The molecule has 2 aromatic rings. The summed E-state index contributed by atoms with van der Waals surface area (Å²) in [6, 6.07) is 0. The highest BCUT2D eigenvalue weighted by Gasteiger charge is 2.19. The van der Waals surface area contributed by atoms with E-state index in [4.69, 9.17) is 0 Å². The van der Waals surface area contributed by atoms with Crippen molar-refractivity contribution < 1.29 is 0 Å². The standard InChI is InChI=1S/C14H19N5/c1-10-18-9-13(19(10)2)14-12(16-5-6-17-14)7-11-3-4-15-8-11/h5-6,9,11,15H,3-4,7-8H2,1-2H3/t11-/m1/s1. The highest BCUT2D eigenvalue weighted by atomic mass is 15.1. The third-order valence-electron chi connectivity index (χ3n) is 3.88. The van der Waals surface area contributed by atoms with Crippen LogP contribution in [0.1, 0.15) is 17.9 Å². The summed E-state index contributed by atoms with van der Waals surface area (Å²) < 4.78 is 2.07. The first kappa shape index (κ1) is 12.3. The molecule has 0 aromatic carbocycles. The van der Waals surface area contributed by atoms with Crippen molar-refractivity contribution in [3.8, 4) is 11.4 Å². The largest absolute Gasteiger partial charge is 0.330 e. The zero-order valence-corrected chi connectivity index (χ0v) is 11.4. The van der Waals surface area contributed by atoms with E-state index in [1.807, 2.05) is 20.2 Å². The van der Waals surface area contributed by atoms with Crippen LogP contribution in [-0.2, 0) is 13.5 Å². The zero-order valence-electron chi connectivity index (χ0n) is 11.4. The molecule has 5 nitrogen and oxygen atoms in total. The van der Waals surface area contributed by atoms with Crippen LogP contribution >= 0.6 is 0 Å². The van der Waals surface area contributed by atoms with Crippen LogP contribution in [0.2, 0.25) is 0 Å². The smallest absolute Gasteiger partial charge is 0.110 e. The second kappa shape index (κ2) is 5.09. The molecule has 0 aliphatic carbocycles. The molecule has 2 aromatic heterocycles. The van der Waals surface area contributed by atoms with Crippen molar-refractivity contribution in [3.63, 3.8) is 0 Å². The van der Waals surface area contributed by atoms with Crippen molar-refractivity contribution in [2.45, 2.75) is 19.8 Å². The number of nitrogens with one attached hydrogen (secondary N) is 1. The summed E-state index contributed by atoms with van der Waals surface area (Å²) in [6.45, 7) is 4.20. The van der Waals surface area contributed by atoms with Gasteiger partial charge in [0.05, 0.1) is 17.6 Å². The van der Waals surface area contributed by atoms with Gasteiger partial charge in [-0.15, -0.1) is 0 Å². The molecule has 1 atom stereocenters. The van der Waals surface area contributed by atoms with Gasteiger partial charge in [0.25, 0.3) is 0 Å². The van der Waals surface area contributed by atoms with Gasteiger partial charge in [-0.05, 0) is 38.8 Å². The molecule has 0 bridgehead atoms. The average Bonchev–Trinajstić information content (AvgIpc) is 3.03. The Morgan fingerprint density at radius 1 is 1.32 bits per heavy atom. The van der Waals surface area contributed by atoms with Gasteiger partial charge in [0.2, 0.25) is 0 Å². The highest BCUT2D eigenvalue weighted by Crippen LogP contribution is 2.23. The van der Waals surface area contributed by atoms with E-state index in [0.717, 1.165) is 42.4 Å². The van der Waals surface area contributed by atoms with E-state index >= 15 is 0 Å². The molecule has 0 unspecified atom stereocenters. The molecule has 0 radical (unpaired) electrons. The quantitative estimate of drug-likeness (QED) is 0.901. The molecule has 0 amide bonds. The van der Waals surface area contributed by atoms with E-state index in [1.54, 1.807) is 12.4 Å². The van der Waals surface area contributed by atoms with Crippen LogP contribution in [0.5, 0.6) is 0 Å². The van der Waals surface area contributed by atoms with Gasteiger partial charge in [-0.25, -0.2) is 4.98 Å². The van der Waals surface area contributed by atoms with E-state index in [1.165, 1.54) is 6.42 Å². The number of hydrogen-bond donors (Lipinski definition) is 1. The predicted molar refractivity (Wildman–Crippen MR) is 73.7 cm³/mol. The number of aromatic nitrogens is 4. The normalized spacial score (nSPS) is 18.9. The predicted octanol–water partition coefficient (Wildman–Crippen LogP) is 1.34. The Kier molecular flexibility index (Phi) is 3.29. The topological polar surface area (TPSA) is 55.6 Å². The van der Waals surface area contributed by atoms with Gasteiger partial charge in [-0.1, -0.05) is 0 Å². The molecule has 3 rings (SSSR count). The van der Waals surface area contributed by atoms with Crippen LogP contribution in [-0.4, -0.2) is 32.6 Å². The van der Waals surface area contributed by atoms with Crippen LogP contribution in [0, 0.1) is 12.8 Å². The Hall–Kier alpha value is -1.75. The van der Waals surface area contributed by atoms with Gasteiger partial charge in [-0.3, -0.25) is 9.97 Å². The fraction of sp³-hybridized carbons (Fsp3) is 0.500. The Balaban J connectivity index is 1.94. The summed E-state index contributed by atoms with van der Waals surface area (Å²) in [4.78, 5) is 13.4. The third-order valence-corrected chi connectivity index (χ3v) is 3.88. The van der Waals surface area contributed by atoms with E-state index in [9.17, 15) is 0 Å². The number of nitrogens with zero attached hydrogens (tertiary/aromatic N) is 4. The van der Waals surface area contributed by atoms with E-state index in [0.29, 0.717) is 5.92 Å². The molecule has 3 heterocycles. The van der Waals surface area contributed by atoms with Gasteiger partial charge >= 0.3 is 0 Å². The zero-order chi connectivity index (χ0) is 13.2. The molecule has 1 aliphatic rings. The molecule has 1 fully saturated rings. The molecule has 1 aliphatic heterocycles. The Labute approximate surface area is 113 Å². The fourth-order valence-corrected chi connectivity index (χ4v) is 2.61. The molecular formula is C14H19N5. The Morgan fingerprint density at radius 2 is 2.16 bits per heavy atom. The summed E-state index contributed by atoms with van der Waals surface area (Å²) in [5.74, 6) is 1.67. The van der Waals surface area contributed by atoms with Crippen LogP contribution in [0.25, 0.3) is 11.4 Å². The number of rotatable bonds is 3. The monoisotopic (exact) mass is 257 g/mol. The van der Waals surface area contributed by atoms with Gasteiger partial charge in [-0.2, -0.15) is 0 Å². The summed E-state index contributed by atoms with van der Waals surface area (Å²) in [6.07, 6.45) is 7.63. The Morgan fingerprint density at radius 3 is 2.84 bits per heavy atom. The van der Waals surface area contributed by atoms with Gasteiger partial charge in [0, 0.05) is 19.4 Å². The second-order valence-corrected chi connectivity index (χ2v) is 5.16. The first-order valence-electron chi connectivity index (χ1n) is 6.75. The van der Waals surface area contributed by atoms with E-state index < -0.39 is 0 Å². The first-order valence-corrected chi connectivity index (χ1v) is 6.75. The van der Waals surface area contributed by atoms with E-state index in [-0.39, 0.29) is 0 Å². The minimum atomic E-state index is 0.671. The Bertz CT molecular complexity index is 569. The molecule has 1 N–H and O–H groups in total. The summed E-state index contributed by atoms with van der Waals surface area (Å²) >= 11 is 0. The van der Waals surface area contributed by atoms with Gasteiger partial charge in [0.1, 0.15) is 11.5 Å². The maximum absolute atomic E-state index is 4.54. The molecule has 0 saturated carbocycles. The van der Waals surface area contributed by atoms with Crippen LogP contribution in [0.4, 0.5) is 0 Å². The second-order valence-electron chi connectivity index (χ2n) is 5.16. The first-order chi connectivity index (χ1) is 9.25. The maximum atomic E-state index is 4.54. The molecule has 100 valence electrons. The van der Waals surface area contributed by atoms with E-state index in [2.05, 4.69) is 24.8 Å². The summed E-state index contributed by atoms with van der Waals surface area (Å²) in [7, 11) is 2.02. The van der Waals surface area contributed by atoms with Crippen LogP contribution < -0.4 is 5.32 Å².